The van der Waals surface area contributed by atoms with Crippen molar-refractivity contribution in [1.29, 1.82) is 0 Å². The summed E-state index contributed by atoms with van der Waals surface area (Å²) in [7, 11) is 8.56. The number of aliphatic imine (C=N–C) groups is 1. The summed E-state index contributed by atoms with van der Waals surface area (Å²) in [5.41, 5.74) is 2.37. The standard InChI is InChI=1S/C20H27FN4O2/c1-22-20(23-12-14-6-9-18(25(2)3)17(21)10-14)24-13-15-7-8-16(26-4)11-19(15)27-5/h6-11H,12-13H2,1-5H3,(H2,22,23,24). The van der Waals surface area contributed by atoms with Crippen LogP contribution in [0.5, 0.6) is 11.5 Å². The van der Waals surface area contributed by atoms with Crippen molar-refractivity contribution in [3.8, 4) is 11.5 Å². The van der Waals surface area contributed by atoms with E-state index in [1.165, 1.54) is 6.07 Å². The molecule has 0 saturated heterocycles. The first-order valence-corrected chi connectivity index (χ1v) is 8.59. The van der Waals surface area contributed by atoms with Crippen LogP contribution in [0.15, 0.2) is 41.4 Å². The van der Waals surface area contributed by atoms with E-state index in [2.05, 4.69) is 15.6 Å². The molecule has 0 aromatic heterocycles. The number of benzene rings is 2. The molecule has 0 aliphatic rings. The fraction of sp³-hybridized carbons (Fsp3) is 0.350. The fourth-order valence-electron chi connectivity index (χ4n) is 2.61. The number of rotatable bonds is 7. The second-order valence-electron chi connectivity index (χ2n) is 6.14. The van der Waals surface area contributed by atoms with Gasteiger partial charge in [-0.2, -0.15) is 0 Å². The topological polar surface area (TPSA) is 58.1 Å². The van der Waals surface area contributed by atoms with Gasteiger partial charge in [0, 0.05) is 45.9 Å². The van der Waals surface area contributed by atoms with Crippen LogP contribution in [0.25, 0.3) is 0 Å². The Morgan fingerprint density at radius 1 is 1.04 bits per heavy atom. The summed E-state index contributed by atoms with van der Waals surface area (Å²) in [6.45, 7) is 0.991. The third-order valence-electron chi connectivity index (χ3n) is 4.12. The lowest BCUT2D eigenvalue weighted by atomic mass is 10.2. The van der Waals surface area contributed by atoms with Crippen molar-refractivity contribution in [1.82, 2.24) is 10.6 Å². The molecule has 0 atom stereocenters. The van der Waals surface area contributed by atoms with Gasteiger partial charge in [0.25, 0.3) is 0 Å². The lowest BCUT2D eigenvalue weighted by molar-refractivity contribution is 0.390. The highest BCUT2D eigenvalue weighted by Gasteiger charge is 2.08. The molecule has 0 spiro atoms. The van der Waals surface area contributed by atoms with Crippen molar-refractivity contribution in [3.05, 3.63) is 53.3 Å². The molecule has 7 heteroatoms. The average molecular weight is 374 g/mol. The molecular formula is C20H27FN4O2. The summed E-state index contributed by atoms with van der Waals surface area (Å²) in [4.78, 5) is 5.95. The summed E-state index contributed by atoms with van der Waals surface area (Å²) in [5.74, 6) is 1.84. The first-order chi connectivity index (χ1) is 13.0. The molecule has 0 bridgehead atoms. The number of hydrogen-bond donors (Lipinski definition) is 2. The molecule has 2 rings (SSSR count). The number of ether oxygens (including phenoxy) is 2. The maximum Gasteiger partial charge on any atom is 0.191 e. The minimum atomic E-state index is -0.245. The van der Waals surface area contributed by atoms with Gasteiger partial charge in [-0.1, -0.05) is 6.07 Å². The predicted molar refractivity (Wildman–Crippen MR) is 107 cm³/mol. The molecule has 0 unspecified atom stereocenters. The van der Waals surface area contributed by atoms with Crippen LogP contribution in [0.3, 0.4) is 0 Å². The Hall–Kier alpha value is -2.96. The van der Waals surface area contributed by atoms with Crippen molar-refractivity contribution < 1.29 is 13.9 Å². The molecule has 0 aliphatic heterocycles. The lowest BCUT2D eigenvalue weighted by Crippen LogP contribution is -2.36. The second kappa shape index (κ2) is 9.66. The lowest BCUT2D eigenvalue weighted by Gasteiger charge is -2.16. The number of nitrogens with one attached hydrogen (secondary N) is 2. The summed E-state index contributed by atoms with van der Waals surface area (Å²) in [6, 6.07) is 10.8. The van der Waals surface area contributed by atoms with E-state index in [0.717, 1.165) is 22.6 Å². The third-order valence-corrected chi connectivity index (χ3v) is 4.12. The molecule has 6 nitrogen and oxygen atoms in total. The molecular weight excluding hydrogens is 347 g/mol. The van der Waals surface area contributed by atoms with Crippen LogP contribution in [-0.2, 0) is 13.1 Å². The van der Waals surface area contributed by atoms with Crippen LogP contribution in [-0.4, -0.2) is 41.3 Å². The zero-order valence-electron chi connectivity index (χ0n) is 16.5. The molecule has 0 fully saturated rings. The number of guanidine groups is 1. The highest BCUT2D eigenvalue weighted by atomic mass is 19.1. The van der Waals surface area contributed by atoms with Gasteiger partial charge < -0.3 is 25.0 Å². The smallest absolute Gasteiger partial charge is 0.191 e. The minimum Gasteiger partial charge on any atom is -0.497 e. The van der Waals surface area contributed by atoms with Gasteiger partial charge in [-0.3, -0.25) is 4.99 Å². The molecule has 2 N–H and O–H groups in total. The van der Waals surface area contributed by atoms with E-state index in [1.54, 1.807) is 32.2 Å². The Labute approximate surface area is 160 Å². The van der Waals surface area contributed by atoms with Gasteiger partial charge >= 0.3 is 0 Å². The van der Waals surface area contributed by atoms with Gasteiger partial charge in [0.2, 0.25) is 0 Å². The quantitative estimate of drug-likeness (QED) is 0.577. The molecule has 0 heterocycles. The normalized spacial score (nSPS) is 11.1. The molecule has 0 aliphatic carbocycles. The maximum absolute atomic E-state index is 14.1. The molecule has 2 aromatic rings. The molecule has 0 saturated carbocycles. The Bertz CT molecular complexity index is 794. The number of anilines is 1. The Morgan fingerprint density at radius 3 is 2.37 bits per heavy atom. The van der Waals surface area contributed by atoms with Gasteiger partial charge in [0.05, 0.1) is 19.9 Å². The van der Waals surface area contributed by atoms with Gasteiger partial charge in [0.15, 0.2) is 5.96 Å². The van der Waals surface area contributed by atoms with Crippen LogP contribution < -0.4 is 25.0 Å². The first-order valence-electron chi connectivity index (χ1n) is 8.59. The zero-order valence-corrected chi connectivity index (χ0v) is 16.5. The Morgan fingerprint density at radius 2 is 1.78 bits per heavy atom. The number of halogens is 1. The largest absolute Gasteiger partial charge is 0.497 e. The highest BCUT2D eigenvalue weighted by molar-refractivity contribution is 5.79. The minimum absolute atomic E-state index is 0.245. The van der Waals surface area contributed by atoms with E-state index in [1.807, 2.05) is 38.4 Å². The monoisotopic (exact) mass is 374 g/mol. The average Bonchev–Trinajstić information content (AvgIpc) is 2.67. The number of nitrogens with zero attached hydrogens (tertiary/aromatic N) is 2. The van der Waals surface area contributed by atoms with Crippen LogP contribution in [0, 0.1) is 5.82 Å². The highest BCUT2D eigenvalue weighted by Crippen LogP contribution is 2.24. The van der Waals surface area contributed by atoms with Crippen LogP contribution >= 0.6 is 0 Å². The van der Waals surface area contributed by atoms with Crippen molar-refractivity contribution >= 4 is 11.6 Å². The maximum atomic E-state index is 14.1. The number of hydrogen-bond acceptors (Lipinski definition) is 4. The summed E-state index contributed by atoms with van der Waals surface area (Å²) in [5, 5.41) is 6.41. The van der Waals surface area contributed by atoms with Crippen molar-refractivity contribution in [2.45, 2.75) is 13.1 Å². The van der Waals surface area contributed by atoms with E-state index in [-0.39, 0.29) is 5.82 Å². The van der Waals surface area contributed by atoms with Crippen molar-refractivity contribution in [2.24, 2.45) is 4.99 Å². The summed E-state index contributed by atoms with van der Waals surface area (Å²) >= 11 is 0. The molecule has 2 aromatic carbocycles. The van der Waals surface area contributed by atoms with Gasteiger partial charge in [-0.05, 0) is 29.8 Å². The van der Waals surface area contributed by atoms with E-state index in [0.29, 0.717) is 24.7 Å². The Balaban J connectivity index is 1.96. The summed E-state index contributed by atoms with van der Waals surface area (Å²) < 4.78 is 24.7. The molecule has 0 amide bonds. The molecule has 146 valence electrons. The van der Waals surface area contributed by atoms with Crippen LogP contribution in [0.2, 0.25) is 0 Å². The van der Waals surface area contributed by atoms with Gasteiger partial charge in [-0.25, -0.2) is 4.39 Å². The van der Waals surface area contributed by atoms with E-state index >= 15 is 0 Å². The molecule has 0 radical (unpaired) electrons. The van der Waals surface area contributed by atoms with Crippen molar-refractivity contribution in [3.63, 3.8) is 0 Å². The van der Waals surface area contributed by atoms with Crippen LogP contribution in [0.4, 0.5) is 10.1 Å². The zero-order chi connectivity index (χ0) is 19.8. The van der Waals surface area contributed by atoms with Crippen molar-refractivity contribution in [2.75, 3.05) is 40.3 Å². The van der Waals surface area contributed by atoms with Gasteiger partial charge in [0.1, 0.15) is 17.3 Å². The van der Waals surface area contributed by atoms with E-state index in [4.69, 9.17) is 9.47 Å². The fourth-order valence-corrected chi connectivity index (χ4v) is 2.61. The second-order valence-corrected chi connectivity index (χ2v) is 6.14. The number of methoxy groups -OCH3 is 2. The van der Waals surface area contributed by atoms with E-state index in [9.17, 15) is 4.39 Å². The van der Waals surface area contributed by atoms with E-state index < -0.39 is 0 Å². The SMILES string of the molecule is CN=C(NCc1ccc(N(C)C)c(F)c1)NCc1ccc(OC)cc1OC. The third kappa shape index (κ3) is 5.51. The summed E-state index contributed by atoms with van der Waals surface area (Å²) in [6.07, 6.45) is 0. The predicted octanol–water partition coefficient (Wildman–Crippen LogP) is 2.77. The van der Waals surface area contributed by atoms with Gasteiger partial charge in [-0.15, -0.1) is 0 Å². The molecule has 27 heavy (non-hydrogen) atoms. The first kappa shape index (κ1) is 20.4. The Kier molecular flexibility index (Phi) is 7.28. The van der Waals surface area contributed by atoms with Crippen LogP contribution in [0.1, 0.15) is 11.1 Å².